The van der Waals surface area contributed by atoms with Gasteiger partial charge in [-0.3, -0.25) is 4.79 Å². The van der Waals surface area contributed by atoms with Gasteiger partial charge in [0.05, 0.1) is 52.9 Å². The third-order valence-corrected chi connectivity index (χ3v) is 3.50. The number of hydrogen-bond acceptors (Lipinski definition) is 6. The van der Waals surface area contributed by atoms with E-state index in [1.165, 1.54) is 12.8 Å². The van der Waals surface area contributed by atoms with Crippen LogP contribution >= 0.6 is 22.6 Å². The molecule has 0 radical (unpaired) electrons. The largest absolute Gasteiger partial charge is 0.463 e. The van der Waals surface area contributed by atoms with E-state index in [0.717, 1.165) is 23.9 Å². The lowest BCUT2D eigenvalue weighted by molar-refractivity contribution is -0.145. The summed E-state index contributed by atoms with van der Waals surface area (Å²) in [6, 6.07) is 0. The van der Waals surface area contributed by atoms with Crippen molar-refractivity contribution in [2.45, 2.75) is 39.0 Å². The van der Waals surface area contributed by atoms with Gasteiger partial charge in [0.15, 0.2) is 0 Å². The highest BCUT2D eigenvalue weighted by molar-refractivity contribution is 14.1. The standard InChI is InChI=1S/C17H33IO6/c1-2-3-4-5-6-17(19)24-16-15-23-14-13-22-12-11-21-10-9-20-8-7-18/h2-16H2,1H3. The second-order valence-corrected chi connectivity index (χ2v) is 6.25. The van der Waals surface area contributed by atoms with Crippen molar-refractivity contribution in [1.29, 1.82) is 0 Å². The lowest BCUT2D eigenvalue weighted by Gasteiger charge is -2.08. The summed E-state index contributed by atoms with van der Waals surface area (Å²) in [5.74, 6) is -0.134. The van der Waals surface area contributed by atoms with E-state index in [4.69, 9.17) is 23.7 Å². The van der Waals surface area contributed by atoms with Crippen LogP contribution in [0.5, 0.6) is 0 Å². The van der Waals surface area contributed by atoms with Gasteiger partial charge in [-0.15, -0.1) is 0 Å². The molecular weight excluding hydrogens is 427 g/mol. The highest BCUT2D eigenvalue weighted by Gasteiger charge is 2.02. The first-order chi connectivity index (χ1) is 11.8. The number of halogens is 1. The van der Waals surface area contributed by atoms with Gasteiger partial charge in [-0.2, -0.15) is 0 Å². The van der Waals surface area contributed by atoms with Gasteiger partial charge < -0.3 is 23.7 Å². The van der Waals surface area contributed by atoms with E-state index in [1.54, 1.807) is 0 Å². The monoisotopic (exact) mass is 460 g/mol. The van der Waals surface area contributed by atoms with Crippen molar-refractivity contribution < 1.29 is 28.5 Å². The SMILES string of the molecule is CCCCCCC(=O)OCCOCCOCCOCCOCCI. The summed E-state index contributed by atoms with van der Waals surface area (Å²) in [6.07, 6.45) is 4.85. The minimum Gasteiger partial charge on any atom is -0.463 e. The van der Waals surface area contributed by atoms with Crippen LogP contribution in [0.2, 0.25) is 0 Å². The number of unbranched alkanes of at least 4 members (excludes halogenated alkanes) is 3. The van der Waals surface area contributed by atoms with Crippen molar-refractivity contribution in [2.75, 3.05) is 63.9 Å². The van der Waals surface area contributed by atoms with E-state index < -0.39 is 0 Å². The maximum Gasteiger partial charge on any atom is 0.305 e. The Kier molecular flexibility index (Phi) is 21.1. The van der Waals surface area contributed by atoms with Gasteiger partial charge in [0, 0.05) is 10.8 Å². The van der Waals surface area contributed by atoms with Crippen molar-refractivity contribution in [1.82, 2.24) is 0 Å². The summed E-state index contributed by atoms with van der Waals surface area (Å²) in [5, 5.41) is 0. The highest BCUT2D eigenvalue weighted by Crippen LogP contribution is 2.03. The molecule has 0 aliphatic heterocycles. The van der Waals surface area contributed by atoms with Gasteiger partial charge in [0.1, 0.15) is 6.61 Å². The molecule has 0 heterocycles. The summed E-state index contributed by atoms with van der Waals surface area (Å²) >= 11 is 2.27. The van der Waals surface area contributed by atoms with Crippen molar-refractivity contribution >= 4 is 28.6 Å². The zero-order chi connectivity index (χ0) is 17.7. The summed E-state index contributed by atoms with van der Waals surface area (Å²) < 4.78 is 27.4. The highest BCUT2D eigenvalue weighted by atomic mass is 127. The van der Waals surface area contributed by atoms with Gasteiger partial charge in [-0.25, -0.2) is 0 Å². The Morgan fingerprint density at radius 2 is 1.21 bits per heavy atom. The quantitative estimate of drug-likeness (QED) is 0.128. The van der Waals surface area contributed by atoms with E-state index >= 15 is 0 Å². The van der Waals surface area contributed by atoms with E-state index in [9.17, 15) is 4.79 Å². The molecule has 0 aliphatic carbocycles. The molecule has 144 valence electrons. The molecule has 0 aromatic carbocycles. The van der Waals surface area contributed by atoms with Crippen LogP contribution in [-0.4, -0.2) is 69.9 Å². The van der Waals surface area contributed by atoms with Crippen LogP contribution in [0.25, 0.3) is 0 Å². The summed E-state index contributed by atoms with van der Waals surface area (Å²) in [7, 11) is 0. The predicted octanol–water partition coefficient (Wildman–Crippen LogP) is 3.00. The molecule has 0 spiro atoms. The zero-order valence-electron chi connectivity index (χ0n) is 14.9. The average molecular weight is 460 g/mol. The minimum absolute atomic E-state index is 0.134. The Hall–Kier alpha value is 0.0400. The fraction of sp³-hybridized carbons (Fsp3) is 0.941. The molecule has 6 nitrogen and oxygen atoms in total. The first-order valence-corrected chi connectivity index (χ1v) is 10.4. The molecular formula is C17H33IO6. The summed E-state index contributed by atoms with van der Waals surface area (Å²) in [5.41, 5.74) is 0. The minimum atomic E-state index is -0.134. The van der Waals surface area contributed by atoms with Crippen molar-refractivity contribution in [3.05, 3.63) is 0 Å². The first-order valence-electron chi connectivity index (χ1n) is 8.83. The van der Waals surface area contributed by atoms with Gasteiger partial charge in [-0.05, 0) is 6.42 Å². The Bertz CT molecular complexity index is 265. The number of hydrogen-bond donors (Lipinski definition) is 0. The van der Waals surface area contributed by atoms with Crippen LogP contribution in [0, 0.1) is 0 Å². The number of carbonyl (C=O) groups excluding carboxylic acids is 1. The summed E-state index contributed by atoms with van der Waals surface area (Å²) in [6.45, 7) is 6.98. The maximum absolute atomic E-state index is 11.4. The number of ether oxygens (including phenoxy) is 5. The molecule has 0 atom stereocenters. The lowest BCUT2D eigenvalue weighted by atomic mass is 10.2. The predicted molar refractivity (Wildman–Crippen MR) is 102 cm³/mol. The zero-order valence-corrected chi connectivity index (χ0v) is 17.1. The molecule has 0 bridgehead atoms. The van der Waals surface area contributed by atoms with Crippen molar-refractivity contribution in [2.24, 2.45) is 0 Å². The molecule has 0 unspecified atom stereocenters. The third-order valence-electron chi connectivity index (χ3n) is 3.06. The van der Waals surface area contributed by atoms with Crippen LogP contribution in [0.4, 0.5) is 0 Å². The second kappa shape index (κ2) is 21.1. The average Bonchev–Trinajstić information content (AvgIpc) is 2.59. The van der Waals surface area contributed by atoms with E-state index in [2.05, 4.69) is 29.5 Å². The number of alkyl halides is 1. The molecule has 0 aromatic rings. The molecule has 0 fully saturated rings. The molecule has 0 rings (SSSR count). The molecule has 0 aliphatic rings. The molecule has 0 amide bonds. The van der Waals surface area contributed by atoms with Gasteiger partial charge >= 0.3 is 5.97 Å². The molecule has 0 saturated carbocycles. The normalized spacial score (nSPS) is 10.9. The molecule has 24 heavy (non-hydrogen) atoms. The van der Waals surface area contributed by atoms with E-state index in [1.807, 2.05) is 0 Å². The number of rotatable bonds is 19. The molecule has 0 N–H and O–H groups in total. The number of carbonyl (C=O) groups is 1. The number of esters is 1. The van der Waals surface area contributed by atoms with Crippen LogP contribution in [0.3, 0.4) is 0 Å². The van der Waals surface area contributed by atoms with E-state index in [0.29, 0.717) is 59.3 Å². The fourth-order valence-electron chi connectivity index (χ4n) is 1.80. The third kappa shape index (κ3) is 20.1. The molecule has 7 heteroatoms. The van der Waals surface area contributed by atoms with E-state index in [-0.39, 0.29) is 5.97 Å². The van der Waals surface area contributed by atoms with Gasteiger partial charge in [0.25, 0.3) is 0 Å². The Morgan fingerprint density at radius 1 is 0.708 bits per heavy atom. The van der Waals surface area contributed by atoms with Crippen LogP contribution in [0.1, 0.15) is 39.0 Å². The summed E-state index contributed by atoms with van der Waals surface area (Å²) in [4.78, 5) is 11.4. The Balaban J connectivity index is 3.08. The van der Waals surface area contributed by atoms with Crippen molar-refractivity contribution in [3.63, 3.8) is 0 Å². The van der Waals surface area contributed by atoms with Crippen LogP contribution < -0.4 is 0 Å². The molecule has 0 aromatic heterocycles. The van der Waals surface area contributed by atoms with Gasteiger partial charge in [-0.1, -0.05) is 48.8 Å². The maximum atomic E-state index is 11.4. The smallest absolute Gasteiger partial charge is 0.305 e. The van der Waals surface area contributed by atoms with Crippen LogP contribution in [0.15, 0.2) is 0 Å². The lowest BCUT2D eigenvalue weighted by Crippen LogP contribution is -2.14. The molecule has 0 saturated heterocycles. The Labute approximate surface area is 160 Å². The topological polar surface area (TPSA) is 63.2 Å². The Morgan fingerprint density at radius 3 is 1.71 bits per heavy atom. The van der Waals surface area contributed by atoms with Gasteiger partial charge in [0.2, 0.25) is 0 Å². The first kappa shape index (κ1) is 24.0. The second-order valence-electron chi connectivity index (χ2n) is 5.17. The fourth-order valence-corrected chi connectivity index (χ4v) is 2.11. The van der Waals surface area contributed by atoms with Crippen LogP contribution in [-0.2, 0) is 28.5 Å². The van der Waals surface area contributed by atoms with Crippen molar-refractivity contribution in [3.8, 4) is 0 Å².